The maximum Gasteiger partial charge on any atom is 0.251 e. The Hall–Kier alpha value is -3.61. The molecule has 1 aliphatic heterocycles. The van der Waals surface area contributed by atoms with Gasteiger partial charge in [-0.25, -0.2) is 0 Å². The minimum absolute atomic E-state index is 0.0423. The van der Waals surface area contributed by atoms with E-state index < -0.39 is 0 Å². The zero-order valence-electron chi connectivity index (χ0n) is 17.8. The number of amides is 2. The van der Waals surface area contributed by atoms with Crippen LogP contribution in [0.1, 0.15) is 57.9 Å². The first kappa shape index (κ1) is 20.7. The normalized spacial score (nSPS) is 13.8. The maximum absolute atomic E-state index is 12.7. The molecule has 2 heterocycles. The predicted molar refractivity (Wildman–Crippen MR) is 116 cm³/mol. The molecule has 2 N–H and O–H groups in total. The monoisotopic (exact) mass is 419 g/mol. The lowest BCUT2D eigenvalue weighted by molar-refractivity contribution is -0.116. The molecule has 0 radical (unpaired) electrons. The van der Waals surface area contributed by atoms with E-state index in [1.165, 1.54) is 0 Å². The van der Waals surface area contributed by atoms with Gasteiger partial charge in [-0.3, -0.25) is 9.59 Å². The first-order valence-corrected chi connectivity index (χ1v) is 10.3. The van der Waals surface area contributed by atoms with Gasteiger partial charge in [-0.1, -0.05) is 17.3 Å². The zero-order chi connectivity index (χ0) is 22.0. The van der Waals surface area contributed by atoms with Gasteiger partial charge in [0.05, 0.1) is 17.3 Å². The van der Waals surface area contributed by atoms with Gasteiger partial charge in [0.2, 0.25) is 5.91 Å². The molecular formula is C24H25N3O4. The summed E-state index contributed by atoms with van der Waals surface area (Å²) >= 11 is 0. The average molecular weight is 419 g/mol. The number of hydrogen-bond donors (Lipinski definition) is 2. The smallest absolute Gasteiger partial charge is 0.251 e. The molecule has 0 saturated heterocycles. The first-order valence-electron chi connectivity index (χ1n) is 10.3. The Kier molecular flexibility index (Phi) is 5.75. The molecule has 0 aliphatic carbocycles. The van der Waals surface area contributed by atoms with Gasteiger partial charge in [-0.05, 0) is 68.7 Å². The topological polar surface area (TPSA) is 93.5 Å². The van der Waals surface area contributed by atoms with Gasteiger partial charge in [0.25, 0.3) is 5.91 Å². The number of rotatable bonds is 6. The number of benzene rings is 2. The first-order chi connectivity index (χ1) is 14.9. The van der Waals surface area contributed by atoms with Crippen molar-refractivity contribution >= 4 is 17.5 Å². The van der Waals surface area contributed by atoms with Crippen LogP contribution in [0.5, 0.6) is 5.75 Å². The molecule has 0 fully saturated rings. The number of aromatic nitrogens is 1. The number of anilines is 1. The summed E-state index contributed by atoms with van der Waals surface area (Å²) in [5.41, 5.74) is 5.25. The highest BCUT2D eigenvalue weighted by Gasteiger charge is 2.18. The second-order valence-electron chi connectivity index (χ2n) is 7.78. The van der Waals surface area contributed by atoms with Crippen LogP contribution < -0.4 is 15.4 Å². The summed E-state index contributed by atoms with van der Waals surface area (Å²) in [6.07, 6.45) is 1.20. The number of carbonyl (C=O) groups is 2. The molecule has 0 bridgehead atoms. The van der Waals surface area contributed by atoms with Crippen LogP contribution in [0.25, 0.3) is 0 Å². The highest BCUT2D eigenvalue weighted by atomic mass is 16.5. The third-order valence-corrected chi connectivity index (χ3v) is 5.55. The van der Waals surface area contributed by atoms with Crippen LogP contribution >= 0.6 is 0 Å². The second kappa shape index (κ2) is 8.63. The molecule has 4 rings (SSSR count). The van der Waals surface area contributed by atoms with E-state index in [0.717, 1.165) is 33.8 Å². The molecule has 1 aromatic heterocycles. The molecule has 7 heteroatoms. The molecule has 1 aliphatic rings. The van der Waals surface area contributed by atoms with Crippen LogP contribution in [0.3, 0.4) is 0 Å². The molecular weight excluding hydrogens is 394 g/mol. The minimum atomic E-state index is -0.161. The van der Waals surface area contributed by atoms with Gasteiger partial charge in [-0.2, -0.15) is 0 Å². The number of nitrogens with one attached hydrogen (secondary N) is 2. The molecule has 3 aromatic rings. The fourth-order valence-electron chi connectivity index (χ4n) is 3.60. The lowest BCUT2D eigenvalue weighted by atomic mass is 9.97. The molecule has 0 saturated carbocycles. The van der Waals surface area contributed by atoms with E-state index in [2.05, 4.69) is 15.8 Å². The summed E-state index contributed by atoms with van der Waals surface area (Å²) in [6.45, 7) is 6.04. The van der Waals surface area contributed by atoms with Crippen molar-refractivity contribution in [3.63, 3.8) is 0 Å². The Morgan fingerprint density at radius 3 is 2.68 bits per heavy atom. The Morgan fingerprint density at radius 1 is 1.19 bits per heavy atom. The van der Waals surface area contributed by atoms with Crippen LogP contribution in [0.4, 0.5) is 5.69 Å². The van der Waals surface area contributed by atoms with Gasteiger partial charge < -0.3 is 19.9 Å². The van der Waals surface area contributed by atoms with Crippen LogP contribution in [0, 0.1) is 13.8 Å². The highest BCUT2D eigenvalue weighted by Crippen LogP contribution is 2.26. The zero-order valence-corrected chi connectivity index (χ0v) is 17.8. The van der Waals surface area contributed by atoms with Crippen LogP contribution in [-0.4, -0.2) is 17.0 Å². The Labute approximate surface area is 180 Å². The van der Waals surface area contributed by atoms with Gasteiger partial charge in [0, 0.05) is 17.7 Å². The minimum Gasteiger partial charge on any atom is -0.489 e. The molecule has 1 atom stereocenters. The van der Waals surface area contributed by atoms with Crippen LogP contribution in [0.2, 0.25) is 0 Å². The Balaban J connectivity index is 1.36. The average Bonchev–Trinajstić information content (AvgIpc) is 3.09. The van der Waals surface area contributed by atoms with Crippen molar-refractivity contribution in [3.8, 4) is 5.75 Å². The van der Waals surface area contributed by atoms with Crippen molar-refractivity contribution in [3.05, 3.63) is 76.2 Å². The third kappa shape index (κ3) is 4.60. The van der Waals surface area contributed by atoms with E-state index in [1.54, 1.807) is 24.3 Å². The largest absolute Gasteiger partial charge is 0.489 e. The van der Waals surface area contributed by atoms with Crippen molar-refractivity contribution in [1.82, 2.24) is 10.5 Å². The van der Waals surface area contributed by atoms with Crippen LogP contribution in [-0.2, 0) is 17.8 Å². The van der Waals surface area contributed by atoms with Crippen molar-refractivity contribution in [2.75, 3.05) is 5.32 Å². The summed E-state index contributed by atoms with van der Waals surface area (Å²) in [5, 5.41) is 9.82. The fraction of sp³-hybridized carbons (Fsp3) is 0.292. The molecule has 2 amide bonds. The summed E-state index contributed by atoms with van der Waals surface area (Å²) < 4.78 is 10.9. The van der Waals surface area contributed by atoms with Crippen molar-refractivity contribution in [2.45, 2.75) is 46.3 Å². The highest BCUT2D eigenvalue weighted by molar-refractivity contribution is 5.95. The SMILES string of the molecule is Cc1noc(C)c1COc1ccc(C(=O)NC(C)c2ccc3c(c2)CCC(=O)N3)cc1. The molecule has 2 aromatic carbocycles. The van der Waals surface area contributed by atoms with E-state index in [4.69, 9.17) is 9.26 Å². The quantitative estimate of drug-likeness (QED) is 0.623. The fourth-order valence-corrected chi connectivity index (χ4v) is 3.60. The number of ether oxygens (including phenoxy) is 1. The summed E-state index contributed by atoms with van der Waals surface area (Å²) in [5.74, 6) is 1.30. The number of carbonyl (C=O) groups excluding carboxylic acids is 2. The van der Waals surface area contributed by atoms with Gasteiger partial charge in [0.15, 0.2) is 0 Å². The molecule has 1 unspecified atom stereocenters. The number of hydrogen-bond acceptors (Lipinski definition) is 5. The second-order valence-corrected chi connectivity index (χ2v) is 7.78. The number of nitrogens with zero attached hydrogens (tertiary/aromatic N) is 1. The summed E-state index contributed by atoms with van der Waals surface area (Å²) in [7, 11) is 0. The van der Waals surface area contributed by atoms with E-state index in [9.17, 15) is 9.59 Å². The summed E-state index contributed by atoms with van der Waals surface area (Å²) in [6, 6.07) is 12.8. The Bertz CT molecular complexity index is 1100. The molecule has 160 valence electrons. The number of fused-ring (bicyclic) bond motifs is 1. The third-order valence-electron chi connectivity index (χ3n) is 5.55. The van der Waals surface area contributed by atoms with Crippen molar-refractivity contribution in [2.24, 2.45) is 0 Å². The van der Waals surface area contributed by atoms with Crippen molar-refractivity contribution < 1.29 is 18.8 Å². The van der Waals surface area contributed by atoms with E-state index in [0.29, 0.717) is 30.8 Å². The lowest BCUT2D eigenvalue weighted by Crippen LogP contribution is -2.27. The standard InChI is InChI=1S/C24H25N3O4/c1-14(18-6-10-22-19(12-18)7-11-23(28)26-22)25-24(29)17-4-8-20(9-5-17)30-13-21-15(2)27-31-16(21)3/h4-6,8-10,12,14H,7,11,13H2,1-3H3,(H,25,29)(H,26,28). The molecule has 31 heavy (non-hydrogen) atoms. The lowest BCUT2D eigenvalue weighted by Gasteiger charge is -2.20. The number of aryl methyl sites for hydroxylation is 3. The van der Waals surface area contributed by atoms with Crippen molar-refractivity contribution in [1.29, 1.82) is 0 Å². The van der Waals surface area contributed by atoms with Gasteiger partial charge >= 0.3 is 0 Å². The molecule has 0 spiro atoms. The van der Waals surface area contributed by atoms with Gasteiger partial charge in [-0.15, -0.1) is 0 Å². The maximum atomic E-state index is 12.7. The summed E-state index contributed by atoms with van der Waals surface area (Å²) in [4.78, 5) is 24.2. The predicted octanol–water partition coefficient (Wildman–Crippen LogP) is 4.25. The van der Waals surface area contributed by atoms with Crippen LogP contribution in [0.15, 0.2) is 47.0 Å². The van der Waals surface area contributed by atoms with Gasteiger partial charge in [0.1, 0.15) is 18.1 Å². The van der Waals surface area contributed by atoms with E-state index >= 15 is 0 Å². The Morgan fingerprint density at radius 2 is 1.97 bits per heavy atom. The molecule has 7 nitrogen and oxygen atoms in total. The van der Waals surface area contributed by atoms with E-state index in [1.807, 2.05) is 39.0 Å². The van der Waals surface area contributed by atoms with E-state index in [-0.39, 0.29) is 17.9 Å².